The van der Waals surface area contributed by atoms with Crippen molar-refractivity contribution in [2.45, 2.75) is 42.8 Å². The number of fused-ring (bicyclic) bond motifs is 1. The standard InChI is InChI=1S/C27H28ClFN6OS/c1-3-27(25(30)36,22-11-20(9-4-16(22)2)32-21-12-31-13-21)35-14-18(28)10-23-24(35)34-26(33-23)37-15-17-5-7-19(29)8-6-17/h4-11,14,21,31-32H,3,12-13,15H2,1-2H3,(H2,30,36). The highest BCUT2D eigenvalue weighted by Crippen LogP contribution is 2.39. The van der Waals surface area contributed by atoms with E-state index in [9.17, 15) is 9.18 Å². The van der Waals surface area contributed by atoms with Gasteiger partial charge in [0.1, 0.15) is 17.1 Å². The third kappa shape index (κ3) is 4.91. The van der Waals surface area contributed by atoms with Crippen LogP contribution in [0, 0.1) is 12.7 Å². The van der Waals surface area contributed by atoms with Crippen molar-refractivity contribution in [3.63, 3.8) is 0 Å². The number of hydrogen-bond donors (Lipinski definition) is 3. The van der Waals surface area contributed by atoms with Gasteiger partial charge in [-0.1, -0.05) is 48.5 Å². The molecule has 1 atom stereocenters. The number of thioether (sulfide) groups is 1. The quantitative estimate of drug-likeness (QED) is 0.265. The zero-order valence-corrected chi connectivity index (χ0v) is 22.2. The number of anilines is 1. The van der Waals surface area contributed by atoms with Gasteiger partial charge in [-0.15, -0.1) is 0 Å². The Hall–Kier alpha value is -3.14. The van der Waals surface area contributed by atoms with Crippen LogP contribution in [0.2, 0.25) is 5.02 Å². The summed E-state index contributed by atoms with van der Waals surface area (Å²) < 4.78 is 15.0. The van der Waals surface area contributed by atoms with Crippen molar-refractivity contribution in [3.8, 4) is 11.5 Å². The van der Waals surface area contributed by atoms with Gasteiger partial charge < -0.3 is 20.9 Å². The third-order valence-corrected chi connectivity index (χ3v) is 7.97. The summed E-state index contributed by atoms with van der Waals surface area (Å²) in [7, 11) is 0. The Labute approximate surface area is 224 Å². The van der Waals surface area contributed by atoms with Crippen molar-refractivity contribution in [2.75, 3.05) is 18.4 Å². The van der Waals surface area contributed by atoms with E-state index in [2.05, 4.69) is 15.6 Å². The van der Waals surface area contributed by atoms with Gasteiger partial charge in [0.15, 0.2) is 11.0 Å². The molecule has 0 aromatic heterocycles. The molecule has 0 aliphatic carbocycles. The van der Waals surface area contributed by atoms with Crippen LogP contribution >= 0.6 is 23.4 Å². The van der Waals surface area contributed by atoms with E-state index >= 15 is 0 Å². The van der Waals surface area contributed by atoms with Crippen molar-refractivity contribution in [3.05, 3.63) is 82.3 Å². The Morgan fingerprint density at radius 1 is 1.24 bits per heavy atom. The molecule has 1 unspecified atom stereocenters. The summed E-state index contributed by atoms with van der Waals surface area (Å²) in [6.45, 7) is 5.69. The van der Waals surface area contributed by atoms with E-state index in [-0.39, 0.29) is 5.82 Å². The number of nitrogens with two attached hydrogens (primary N) is 1. The topological polar surface area (TPSA) is 97.9 Å². The van der Waals surface area contributed by atoms with Gasteiger partial charge in [0.05, 0.1) is 11.1 Å². The summed E-state index contributed by atoms with van der Waals surface area (Å²) >= 11 is 7.97. The van der Waals surface area contributed by atoms with Crippen molar-refractivity contribution in [2.24, 2.45) is 5.73 Å². The first-order chi connectivity index (χ1) is 17.8. The highest BCUT2D eigenvalue weighted by Gasteiger charge is 2.42. The SMILES string of the molecule is CCC(C(N)=O)(c1cc(NC2CNC2)ccc1C)n1cc(Cl)cc2nc(SCc3ccc(F)cc3)nc1-2. The first-order valence-corrected chi connectivity index (χ1v) is 13.5. The lowest BCUT2D eigenvalue weighted by Gasteiger charge is -2.36. The minimum atomic E-state index is -1.23. The highest BCUT2D eigenvalue weighted by atomic mass is 35.5. The maximum Gasteiger partial charge on any atom is 0.248 e. The summed E-state index contributed by atoms with van der Waals surface area (Å²) in [5.74, 6) is 0.313. The highest BCUT2D eigenvalue weighted by molar-refractivity contribution is 7.98. The van der Waals surface area contributed by atoms with Crippen LogP contribution in [0.5, 0.6) is 0 Å². The molecule has 1 saturated heterocycles. The molecule has 0 bridgehead atoms. The van der Waals surface area contributed by atoms with Gasteiger partial charge in [0.2, 0.25) is 5.91 Å². The lowest BCUT2D eigenvalue weighted by molar-refractivity contribution is -0.124. The minimum absolute atomic E-state index is 0.277. The van der Waals surface area contributed by atoms with Crippen LogP contribution in [0.25, 0.3) is 11.5 Å². The van der Waals surface area contributed by atoms with E-state index in [1.807, 2.05) is 32.0 Å². The second-order valence-electron chi connectivity index (χ2n) is 9.27. The molecule has 7 nitrogen and oxygen atoms in total. The summed E-state index contributed by atoms with van der Waals surface area (Å²) in [5.41, 5.74) is 9.12. The fourth-order valence-corrected chi connectivity index (χ4v) is 5.74. The van der Waals surface area contributed by atoms with Crippen molar-refractivity contribution >= 4 is 35.0 Å². The fourth-order valence-electron chi connectivity index (χ4n) is 4.74. The van der Waals surface area contributed by atoms with Gasteiger partial charge in [0.25, 0.3) is 0 Å². The average Bonchev–Trinajstić information content (AvgIpc) is 3.26. The third-order valence-electron chi connectivity index (χ3n) is 6.85. The molecule has 4 N–H and O–H groups in total. The Kier molecular flexibility index (Phi) is 7.11. The molecule has 1 fully saturated rings. The van der Waals surface area contributed by atoms with Crippen molar-refractivity contribution in [1.29, 1.82) is 0 Å². The van der Waals surface area contributed by atoms with Crippen LogP contribution in [0.15, 0.2) is 59.9 Å². The summed E-state index contributed by atoms with van der Waals surface area (Å²) in [5, 5.41) is 7.73. The van der Waals surface area contributed by atoms with Crippen LogP contribution in [0.1, 0.15) is 30.0 Å². The molecule has 10 heteroatoms. The fraction of sp³-hybridized carbons (Fsp3) is 0.296. The van der Waals surface area contributed by atoms with Crippen LogP contribution in [-0.2, 0) is 16.1 Å². The zero-order valence-electron chi connectivity index (χ0n) is 20.6. The second kappa shape index (κ2) is 10.3. The molecule has 192 valence electrons. The number of rotatable bonds is 9. The number of benzene rings is 2. The monoisotopic (exact) mass is 538 g/mol. The summed E-state index contributed by atoms with van der Waals surface area (Å²) in [6.07, 6.45) is 2.10. The number of amides is 1. The Bertz CT molecular complexity index is 1410. The van der Waals surface area contributed by atoms with Gasteiger partial charge in [-0.25, -0.2) is 14.4 Å². The number of nitrogens with zero attached hydrogens (tertiary/aromatic N) is 3. The number of aromatic nitrogens is 3. The van der Waals surface area contributed by atoms with E-state index in [0.717, 1.165) is 35.5 Å². The number of primary amides is 1. The number of nitrogens with one attached hydrogen (secondary N) is 2. The van der Waals surface area contributed by atoms with Crippen LogP contribution < -0.4 is 16.4 Å². The molecule has 37 heavy (non-hydrogen) atoms. The number of halogens is 2. The van der Waals surface area contributed by atoms with Crippen LogP contribution in [0.3, 0.4) is 0 Å². The molecule has 0 radical (unpaired) electrons. The maximum atomic E-state index is 13.4. The maximum absolute atomic E-state index is 13.4. The molecular weight excluding hydrogens is 511 g/mol. The van der Waals surface area contributed by atoms with Crippen LogP contribution in [-0.4, -0.2) is 39.6 Å². The van der Waals surface area contributed by atoms with Gasteiger partial charge in [-0.3, -0.25) is 4.79 Å². The van der Waals surface area contributed by atoms with Crippen LogP contribution in [0.4, 0.5) is 10.1 Å². The first-order valence-electron chi connectivity index (χ1n) is 12.1. The molecular formula is C27H28ClFN6OS. The summed E-state index contributed by atoms with van der Waals surface area (Å²) in [6, 6.07) is 14.4. The van der Waals surface area contributed by atoms with E-state index in [1.54, 1.807) is 29.0 Å². The minimum Gasteiger partial charge on any atom is -0.380 e. The van der Waals surface area contributed by atoms with Gasteiger partial charge in [0, 0.05) is 30.7 Å². The summed E-state index contributed by atoms with van der Waals surface area (Å²) in [4.78, 5) is 22.8. The Balaban J connectivity index is 1.58. The van der Waals surface area contributed by atoms with E-state index in [1.165, 1.54) is 23.9 Å². The van der Waals surface area contributed by atoms with Gasteiger partial charge >= 0.3 is 0 Å². The number of imidazole rings is 1. The van der Waals surface area contributed by atoms with E-state index in [4.69, 9.17) is 22.3 Å². The number of hydrogen-bond acceptors (Lipinski definition) is 6. The van der Waals surface area contributed by atoms with Crippen molar-refractivity contribution in [1.82, 2.24) is 19.9 Å². The molecule has 2 aromatic carbocycles. The molecule has 0 spiro atoms. The lowest BCUT2D eigenvalue weighted by Crippen LogP contribution is -2.51. The molecule has 1 amide bonds. The molecule has 0 saturated carbocycles. The van der Waals surface area contributed by atoms with Gasteiger partial charge in [-0.2, -0.15) is 0 Å². The molecule has 5 rings (SSSR count). The smallest absolute Gasteiger partial charge is 0.248 e. The van der Waals surface area contributed by atoms with E-state index in [0.29, 0.717) is 39.9 Å². The Morgan fingerprint density at radius 3 is 2.65 bits per heavy atom. The van der Waals surface area contributed by atoms with E-state index < -0.39 is 11.4 Å². The number of carbonyl (C=O) groups excluding carboxylic acids is 1. The molecule has 3 heterocycles. The molecule has 3 aliphatic rings. The Morgan fingerprint density at radius 2 is 2.00 bits per heavy atom. The normalized spacial score (nSPS) is 15.4. The largest absolute Gasteiger partial charge is 0.380 e. The number of pyridine rings is 1. The van der Waals surface area contributed by atoms with Gasteiger partial charge in [-0.05, 0) is 60.4 Å². The lowest BCUT2D eigenvalue weighted by atomic mass is 9.82. The predicted octanol–water partition coefficient (Wildman–Crippen LogP) is 4.80. The zero-order chi connectivity index (χ0) is 26.2. The number of aryl methyl sites for hydroxylation is 1. The molecule has 2 aromatic rings. The number of carbonyl (C=O) groups is 1. The predicted molar refractivity (Wildman–Crippen MR) is 146 cm³/mol. The first kappa shape index (κ1) is 25.5. The van der Waals surface area contributed by atoms with Crippen molar-refractivity contribution < 1.29 is 9.18 Å². The average molecular weight is 539 g/mol. The molecule has 3 aliphatic heterocycles. The second-order valence-corrected chi connectivity index (χ2v) is 10.6.